The predicted molar refractivity (Wildman–Crippen MR) is 97.8 cm³/mol. The second-order valence-electron chi connectivity index (χ2n) is 5.54. The Morgan fingerprint density at radius 1 is 1.00 bits per heavy atom. The van der Waals surface area contributed by atoms with Gasteiger partial charge in [0.05, 0.1) is 6.20 Å². The van der Waals surface area contributed by atoms with E-state index < -0.39 is 0 Å². The minimum atomic E-state index is 0.466. The molecule has 1 heterocycles. The van der Waals surface area contributed by atoms with Crippen molar-refractivity contribution in [2.45, 2.75) is 20.4 Å². The average Bonchev–Trinajstić information content (AvgIpc) is 2.58. The topological polar surface area (TPSA) is 62.7 Å². The molecule has 0 saturated heterocycles. The molecule has 2 N–H and O–H groups in total. The van der Waals surface area contributed by atoms with Gasteiger partial charge in [-0.1, -0.05) is 41.9 Å². The molecule has 24 heavy (non-hydrogen) atoms. The lowest BCUT2D eigenvalue weighted by molar-refractivity contribution is 0.964. The summed E-state index contributed by atoms with van der Waals surface area (Å²) in [7, 11) is 0. The van der Waals surface area contributed by atoms with Gasteiger partial charge in [0.1, 0.15) is 0 Å². The Hall–Kier alpha value is -2.66. The highest BCUT2D eigenvalue weighted by Gasteiger charge is 2.06. The Labute approximate surface area is 146 Å². The van der Waals surface area contributed by atoms with Gasteiger partial charge in [-0.3, -0.25) is 0 Å². The number of rotatable bonds is 5. The van der Waals surface area contributed by atoms with Crippen molar-refractivity contribution < 1.29 is 0 Å². The molecule has 3 rings (SSSR count). The highest BCUT2D eigenvalue weighted by atomic mass is 35.5. The zero-order valence-electron chi connectivity index (χ0n) is 13.5. The maximum absolute atomic E-state index is 5.89. The minimum absolute atomic E-state index is 0.466. The maximum atomic E-state index is 5.89. The van der Waals surface area contributed by atoms with Crippen molar-refractivity contribution in [3.63, 3.8) is 0 Å². The van der Waals surface area contributed by atoms with Crippen molar-refractivity contribution in [1.29, 1.82) is 0 Å². The molecule has 0 bridgehead atoms. The SMILES string of the molecule is Cc1cccc(C)c1Nc1nncc(NCc2ccc(Cl)cc2)n1. The number of para-hydroxylation sites is 1. The van der Waals surface area contributed by atoms with E-state index in [4.69, 9.17) is 11.6 Å². The van der Waals surface area contributed by atoms with Crippen LogP contribution in [-0.2, 0) is 6.54 Å². The number of aryl methyl sites for hydroxylation is 2. The van der Waals surface area contributed by atoms with E-state index in [0.29, 0.717) is 18.3 Å². The van der Waals surface area contributed by atoms with Crippen LogP contribution in [0.2, 0.25) is 5.02 Å². The summed E-state index contributed by atoms with van der Waals surface area (Å²) < 4.78 is 0. The van der Waals surface area contributed by atoms with Gasteiger partial charge in [-0.2, -0.15) is 10.1 Å². The lowest BCUT2D eigenvalue weighted by atomic mass is 10.1. The van der Waals surface area contributed by atoms with Gasteiger partial charge in [0.25, 0.3) is 0 Å². The van der Waals surface area contributed by atoms with Crippen LogP contribution in [0.1, 0.15) is 16.7 Å². The number of hydrogen-bond acceptors (Lipinski definition) is 5. The lowest BCUT2D eigenvalue weighted by Gasteiger charge is -2.11. The predicted octanol–water partition coefficient (Wildman–Crippen LogP) is 4.50. The molecule has 6 heteroatoms. The van der Waals surface area contributed by atoms with Gasteiger partial charge in [0.15, 0.2) is 5.82 Å². The van der Waals surface area contributed by atoms with Crippen molar-refractivity contribution in [3.05, 3.63) is 70.4 Å². The summed E-state index contributed by atoms with van der Waals surface area (Å²) in [6.45, 7) is 4.73. The normalized spacial score (nSPS) is 10.5. The molecule has 0 aliphatic rings. The van der Waals surface area contributed by atoms with Crippen LogP contribution in [0.4, 0.5) is 17.5 Å². The van der Waals surface area contributed by atoms with Gasteiger partial charge in [0.2, 0.25) is 5.95 Å². The van der Waals surface area contributed by atoms with Crippen molar-refractivity contribution >= 4 is 29.1 Å². The largest absolute Gasteiger partial charge is 0.365 e. The second-order valence-corrected chi connectivity index (χ2v) is 5.97. The average molecular weight is 340 g/mol. The monoisotopic (exact) mass is 339 g/mol. The fourth-order valence-electron chi connectivity index (χ4n) is 2.36. The molecule has 0 saturated carbocycles. The van der Waals surface area contributed by atoms with Crippen LogP contribution in [0.5, 0.6) is 0 Å². The second kappa shape index (κ2) is 7.27. The molecule has 5 nitrogen and oxygen atoms in total. The summed E-state index contributed by atoms with van der Waals surface area (Å²) in [4.78, 5) is 4.46. The molecule has 1 aromatic heterocycles. The first kappa shape index (κ1) is 16.2. The van der Waals surface area contributed by atoms with Crippen molar-refractivity contribution in [3.8, 4) is 0 Å². The molecule has 2 aromatic carbocycles. The fourth-order valence-corrected chi connectivity index (χ4v) is 2.49. The highest BCUT2D eigenvalue weighted by molar-refractivity contribution is 6.30. The Morgan fingerprint density at radius 3 is 2.42 bits per heavy atom. The Kier molecular flexibility index (Phi) is 4.91. The molecule has 0 radical (unpaired) electrons. The van der Waals surface area contributed by atoms with E-state index in [9.17, 15) is 0 Å². The van der Waals surface area contributed by atoms with Crippen molar-refractivity contribution in [1.82, 2.24) is 15.2 Å². The highest BCUT2D eigenvalue weighted by Crippen LogP contribution is 2.22. The molecular weight excluding hydrogens is 322 g/mol. The smallest absolute Gasteiger partial charge is 0.249 e. The fraction of sp³-hybridized carbons (Fsp3) is 0.167. The van der Waals surface area contributed by atoms with Gasteiger partial charge in [-0.25, -0.2) is 0 Å². The zero-order valence-corrected chi connectivity index (χ0v) is 14.3. The first-order chi connectivity index (χ1) is 11.6. The first-order valence-corrected chi connectivity index (χ1v) is 8.01. The third kappa shape index (κ3) is 4.00. The number of anilines is 3. The van der Waals surface area contributed by atoms with E-state index in [1.165, 1.54) is 0 Å². The van der Waals surface area contributed by atoms with E-state index in [-0.39, 0.29) is 0 Å². The summed E-state index contributed by atoms with van der Waals surface area (Å²) in [5, 5.41) is 15.3. The molecule has 0 aliphatic carbocycles. The number of hydrogen-bond donors (Lipinski definition) is 2. The van der Waals surface area contributed by atoms with Crippen LogP contribution in [0, 0.1) is 13.8 Å². The lowest BCUT2D eigenvalue weighted by Crippen LogP contribution is -2.06. The van der Waals surface area contributed by atoms with E-state index in [0.717, 1.165) is 27.4 Å². The van der Waals surface area contributed by atoms with Gasteiger partial charge < -0.3 is 10.6 Å². The molecule has 122 valence electrons. The Balaban J connectivity index is 1.71. The number of benzene rings is 2. The molecule has 0 fully saturated rings. The van der Waals surface area contributed by atoms with Gasteiger partial charge in [0, 0.05) is 17.3 Å². The van der Waals surface area contributed by atoms with E-state index in [1.54, 1.807) is 6.20 Å². The first-order valence-electron chi connectivity index (χ1n) is 7.63. The summed E-state index contributed by atoms with van der Waals surface area (Å²) in [6.07, 6.45) is 1.60. The number of nitrogens with zero attached hydrogens (tertiary/aromatic N) is 3. The molecule has 0 unspecified atom stereocenters. The zero-order chi connectivity index (χ0) is 16.9. The van der Waals surface area contributed by atoms with Crippen LogP contribution >= 0.6 is 11.6 Å². The van der Waals surface area contributed by atoms with Gasteiger partial charge >= 0.3 is 0 Å². The van der Waals surface area contributed by atoms with Gasteiger partial charge in [-0.05, 0) is 42.7 Å². The maximum Gasteiger partial charge on any atom is 0.249 e. The van der Waals surface area contributed by atoms with Gasteiger partial charge in [-0.15, -0.1) is 5.10 Å². The Bertz CT molecular complexity index is 813. The summed E-state index contributed by atoms with van der Waals surface area (Å²) in [5.74, 6) is 1.13. The molecule has 0 amide bonds. The third-order valence-corrected chi connectivity index (χ3v) is 3.92. The van der Waals surface area contributed by atoms with E-state index in [1.807, 2.05) is 56.3 Å². The molecule has 0 spiro atoms. The van der Waals surface area contributed by atoms with Crippen LogP contribution in [-0.4, -0.2) is 15.2 Å². The van der Waals surface area contributed by atoms with Crippen LogP contribution < -0.4 is 10.6 Å². The molecular formula is C18H18ClN5. The number of aromatic nitrogens is 3. The number of halogens is 1. The molecule has 0 aliphatic heterocycles. The van der Waals surface area contributed by atoms with E-state index in [2.05, 4.69) is 25.8 Å². The summed E-state index contributed by atoms with van der Waals surface area (Å²) >= 11 is 5.89. The van der Waals surface area contributed by atoms with Crippen LogP contribution in [0.25, 0.3) is 0 Å². The summed E-state index contributed by atoms with van der Waals surface area (Å²) in [5.41, 5.74) is 4.40. The number of nitrogens with one attached hydrogen (secondary N) is 2. The van der Waals surface area contributed by atoms with E-state index >= 15 is 0 Å². The summed E-state index contributed by atoms with van der Waals surface area (Å²) in [6, 6.07) is 13.8. The molecule has 0 atom stereocenters. The quantitative estimate of drug-likeness (QED) is 0.716. The van der Waals surface area contributed by atoms with Crippen LogP contribution in [0.3, 0.4) is 0 Å². The van der Waals surface area contributed by atoms with Crippen molar-refractivity contribution in [2.75, 3.05) is 10.6 Å². The minimum Gasteiger partial charge on any atom is -0.365 e. The van der Waals surface area contributed by atoms with Crippen LogP contribution in [0.15, 0.2) is 48.7 Å². The molecule has 3 aromatic rings. The van der Waals surface area contributed by atoms with Crippen molar-refractivity contribution in [2.24, 2.45) is 0 Å². The Morgan fingerprint density at radius 2 is 1.71 bits per heavy atom. The standard InChI is InChI=1S/C18H18ClN5/c1-12-4-3-5-13(2)17(12)23-18-22-16(11-21-24-18)20-10-14-6-8-15(19)9-7-14/h3-9,11H,10H2,1-2H3,(H2,20,22,23,24). The third-order valence-electron chi connectivity index (χ3n) is 3.66.